The number of rotatable bonds is 9. The Hall–Kier alpha value is -9.54. The van der Waals surface area contributed by atoms with Gasteiger partial charge in [-0.25, -0.2) is 27.6 Å². The Kier molecular flexibility index (Phi) is 17.5. The van der Waals surface area contributed by atoms with Crippen LogP contribution in [0.3, 0.4) is 0 Å². The standard InChI is InChI=1S/2C25H18ClFN2O5.C24H18BrClFNO5/c2*1-33-22(31)23(27)19(15-5-3-2-4-6-15)25(16-9-7-14(12-28)8-10-16)24(32,21(23)30)20-18(34-25)11-17(26)13-29-20;1-32-21(30)22(27)18(13-5-3-2-4-6-13)24(14-7-9-15(25)10-8-14)23(31,20(22)29)19-17(33-24)11-16(26)12-28-19/h2*2-11,13,19,21,30,32H,1H3;2-12,18,20,29,31H,1H3/t2*19-,21-,23?,24+,25+;18-,20-,22?,23+,24+/m111/s1. The highest BCUT2D eigenvalue weighted by Gasteiger charge is 2.88. The molecule has 3 aliphatic carbocycles. The molecule has 9 aromatic rings. The average molecular weight is 1500 g/mol. The molecule has 20 nitrogen and oxygen atoms in total. The number of esters is 3. The molecule has 6 heterocycles. The summed E-state index contributed by atoms with van der Waals surface area (Å²) in [4.78, 5) is 51.3. The van der Waals surface area contributed by atoms with E-state index in [0.717, 1.165) is 25.8 Å². The van der Waals surface area contributed by atoms with E-state index in [9.17, 15) is 55.5 Å². The topological polar surface area (TPSA) is 314 Å². The summed E-state index contributed by atoms with van der Waals surface area (Å²) in [7, 11) is 3.02. The number of fused-ring (bicyclic) bond motifs is 9. The minimum absolute atomic E-state index is 0.0336. The highest BCUT2D eigenvalue weighted by Crippen LogP contribution is 2.74. The van der Waals surface area contributed by atoms with Crippen LogP contribution in [0.1, 0.15) is 79.3 Å². The lowest BCUT2D eigenvalue weighted by atomic mass is 9.71. The molecule has 0 bridgehead atoms. The minimum Gasteiger partial charge on any atom is -0.476 e. The molecule has 3 aliphatic heterocycles. The summed E-state index contributed by atoms with van der Waals surface area (Å²) in [5, 5.41) is 90.0. The molecule has 6 aliphatic rings. The molecule has 3 saturated carbocycles. The number of halogens is 7. The van der Waals surface area contributed by atoms with E-state index in [2.05, 4.69) is 30.9 Å². The van der Waals surface area contributed by atoms with Gasteiger partial charge in [0.05, 0.1) is 77.4 Å². The van der Waals surface area contributed by atoms with E-state index in [1.165, 1.54) is 85.3 Å². The van der Waals surface area contributed by atoms with Crippen LogP contribution in [0, 0.1) is 22.7 Å². The molecule has 0 saturated heterocycles. The van der Waals surface area contributed by atoms with Crippen molar-refractivity contribution >= 4 is 68.6 Å². The van der Waals surface area contributed by atoms with E-state index >= 15 is 13.2 Å². The molecule has 27 heteroatoms. The maximum atomic E-state index is 17.0. The number of pyridine rings is 3. The lowest BCUT2D eigenvalue weighted by Gasteiger charge is -2.40. The predicted molar refractivity (Wildman–Crippen MR) is 356 cm³/mol. The molecule has 0 amide bonds. The fraction of sp³-hybridized carbons (Fsp3) is 0.243. The van der Waals surface area contributed by atoms with Crippen molar-refractivity contribution in [1.29, 1.82) is 10.5 Å². The molecular formula is C74H54BrCl3F3N5O15. The molecule has 6 aromatic carbocycles. The van der Waals surface area contributed by atoms with E-state index < -0.39 is 105 Å². The van der Waals surface area contributed by atoms with Crippen LogP contribution >= 0.6 is 50.7 Å². The molecular weight excluding hydrogens is 1440 g/mol. The molecule has 514 valence electrons. The molecule has 15 atom stereocenters. The Morgan fingerprint density at radius 1 is 0.446 bits per heavy atom. The third-order valence-electron chi connectivity index (χ3n) is 20.0. The van der Waals surface area contributed by atoms with Crippen LogP contribution in [0.5, 0.6) is 17.2 Å². The highest BCUT2D eigenvalue weighted by molar-refractivity contribution is 9.10. The number of hydrogen-bond donors (Lipinski definition) is 6. The van der Waals surface area contributed by atoms with Gasteiger partial charge in [0.15, 0.2) is 33.6 Å². The summed E-state index contributed by atoms with van der Waals surface area (Å²) in [5.41, 5.74) is -21.1. The summed E-state index contributed by atoms with van der Waals surface area (Å²) < 4.78 is 85.0. The van der Waals surface area contributed by atoms with Crippen molar-refractivity contribution in [1.82, 2.24) is 15.0 Å². The number of nitrogens with zero attached hydrogens (tertiary/aromatic N) is 5. The third-order valence-corrected chi connectivity index (χ3v) is 21.1. The van der Waals surface area contributed by atoms with Crippen LogP contribution < -0.4 is 14.2 Å². The number of nitriles is 2. The van der Waals surface area contributed by atoms with Crippen LogP contribution in [0.15, 0.2) is 205 Å². The Morgan fingerprint density at radius 3 is 0.931 bits per heavy atom. The molecule has 101 heavy (non-hydrogen) atoms. The SMILES string of the molecule is COC(=O)C1(F)[C@@H](O)[C@@]2(O)c3ncc(Cl)cc3O[C@@]2(c2ccc(Br)cc2)[C@@H]1c1ccccc1.COC(=O)C1(F)[C@@H](O)[C@@]2(O)c3ncc(Cl)cc3O[C@@]2(c2ccc(C#N)cc2)[C@@H]1c1ccccc1.COC(=O)C1(F)[C@@H](O)[C@@]2(O)c3ncc(Cl)cc3O[C@@]2(c2ccc(C#N)cc2)[C@@H]1c1ccccc1. The smallest absolute Gasteiger partial charge is 0.347 e. The van der Waals surface area contributed by atoms with Crippen LogP contribution in [0.2, 0.25) is 15.1 Å². The Bertz CT molecular complexity index is 4670. The third kappa shape index (κ3) is 9.47. The van der Waals surface area contributed by atoms with Crippen molar-refractivity contribution in [3.8, 4) is 29.4 Å². The Morgan fingerprint density at radius 2 is 0.693 bits per heavy atom. The second kappa shape index (κ2) is 25.2. The van der Waals surface area contributed by atoms with Gasteiger partial charge in [-0.05, 0) is 69.8 Å². The van der Waals surface area contributed by atoms with Crippen molar-refractivity contribution in [2.24, 2.45) is 0 Å². The van der Waals surface area contributed by atoms with Gasteiger partial charge >= 0.3 is 17.9 Å². The number of alkyl halides is 3. The van der Waals surface area contributed by atoms with Crippen LogP contribution in [-0.2, 0) is 62.2 Å². The normalized spacial score (nSPS) is 31.5. The maximum Gasteiger partial charge on any atom is 0.347 e. The largest absolute Gasteiger partial charge is 0.476 e. The van der Waals surface area contributed by atoms with E-state index in [-0.39, 0.29) is 71.7 Å². The number of hydrogen-bond acceptors (Lipinski definition) is 20. The van der Waals surface area contributed by atoms with Crippen LogP contribution in [0.25, 0.3) is 0 Å². The molecule has 15 rings (SSSR count). The highest BCUT2D eigenvalue weighted by atomic mass is 79.9. The predicted octanol–water partition coefficient (Wildman–Crippen LogP) is 10.3. The number of methoxy groups -OCH3 is 3. The quantitative estimate of drug-likeness (QED) is 0.0578. The van der Waals surface area contributed by atoms with Gasteiger partial charge in [-0.1, -0.05) is 178 Å². The number of aliphatic hydroxyl groups excluding tert-OH is 3. The number of aromatic nitrogens is 3. The first-order chi connectivity index (χ1) is 48.2. The lowest BCUT2D eigenvalue weighted by molar-refractivity contribution is -0.177. The summed E-state index contributed by atoms with van der Waals surface area (Å²) in [6.07, 6.45) is -3.21. The summed E-state index contributed by atoms with van der Waals surface area (Å²) >= 11 is 21.7. The fourth-order valence-electron chi connectivity index (χ4n) is 15.9. The van der Waals surface area contributed by atoms with Crippen molar-refractivity contribution in [2.75, 3.05) is 21.3 Å². The molecule has 3 unspecified atom stereocenters. The summed E-state index contributed by atoms with van der Waals surface area (Å²) in [6.45, 7) is 0. The van der Waals surface area contributed by atoms with Gasteiger partial charge in [0.2, 0.25) is 17.0 Å². The molecule has 3 fully saturated rings. The lowest BCUT2D eigenvalue weighted by Crippen LogP contribution is -2.53. The maximum absolute atomic E-state index is 17.0. The molecule has 3 aromatic heterocycles. The van der Waals surface area contributed by atoms with Crippen molar-refractivity contribution in [3.63, 3.8) is 0 Å². The summed E-state index contributed by atoms with van der Waals surface area (Å²) in [5.74, 6) is -8.58. The van der Waals surface area contributed by atoms with Gasteiger partial charge in [0, 0.05) is 41.3 Å². The Labute approximate surface area is 596 Å². The number of carbonyl (C=O) groups excluding carboxylic acids is 3. The second-order valence-corrected chi connectivity index (χ2v) is 26.9. The number of carbonyl (C=O) groups is 3. The van der Waals surface area contributed by atoms with Gasteiger partial charge in [-0.15, -0.1) is 0 Å². The number of aliphatic hydroxyl groups is 6. The van der Waals surface area contributed by atoms with Gasteiger partial charge in [-0.2, -0.15) is 10.5 Å². The van der Waals surface area contributed by atoms with Crippen LogP contribution in [0.4, 0.5) is 13.2 Å². The monoisotopic (exact) mass is 1490 g/mol. The van der Waals surface area contributed by atoms with Gasteiger partial charge in [-0.3, -0.25) is 15.0 Å². The Balaban J connectivity index is 0.000000135. The van der Waals surface area contributed by atoms with E-state index in [1.807, 2.05) is 12.1 Å². The zero-order chi connectivity index (χ0) is 72.2. The van der Waals surface area contributed by atoms with Crippen LogP contribution in [-0.4, -0.2) is 120 Å². The fourth-order valence-corrected chi connectivity index (χ4v) is 16.6. The van der Waals surface area contributed by atoms with Gasteiger partial charge in [0.25, 0.3) is 0 Å². The molecule has 0 spiro atoms. The number of benzene rings is 6. The zero-order valence-electron chi connectivity index (χ0n) is 52.8. The van der Waals surface area contributed by atoms with Gasteiger partial charge < -0.3 is 59.1 Å². The van der Waals surface area contributed by atoms with E-state index in [0.29, 0.717) is 22.3 Å². The molecule has 0 radical (unpaired) electrons. The van der Waals surface area contributed by atoms with Gasteiger partial charge in [0.1, 0.15) is 52.6 Å². The first kappa shape index (κ1) is 69.9. The molecule has 6 N–H and O–H groups in total. The number of ether oxygens (including phenoxy) is 6. The first-order valence-corrected chi connectivity index (χ1v) is 32.6. The zero-order valence-corrected chi connectivity index (χ0v) is 56.6. The van der Waals surface area contributed by atoms with Crippen molar-refractivity contribution in [2.45, 2.75) is 86.7 Å². The van der Waals surface area contributed by atoms with Crippen molar-refractivity contribution in [3.05, 3.63) is 282 Å². The summed E-state index contributed by atoms with van der Waals surface area (Å²) in [6, 6.07) is 51.3. The first-order valence-electron chi connectivity index (χ1n) is 30.7. The van der Waals surface area contributed by atoms with Crippen molar-refractivity contribution < 1.29 is 86.6 Å². The van der Waals surface area contributed by atoms with E-state index in [1.54, 1.807) is 115 Å². The second-order valence-electron chi connectivity index (χ2n) is 24.7. The van der Waals surface area contributed by atoms with E-state index in [4.69, 9.17) is 63.2 Å². The minimum atomic E-state index is -3.13. The average Bonchev–Trinajstić information content (AvgIpc) is 1.50.